The molecule has 0 amide bonds. The van der Waals surface area contributed by atoms with Crippen LogP contribution in [0.25, 0.3) is 0 Å². The molecule has 1 heterocycles. The van der Waals surface area contributed by atoms with E-state index in [0.29, 0.717) is 13.0 Å². The maximum atomic E-state index is 9.97. The van der Waals surface area contributed by atoms with E-state index in [4.69, 9.17) is 0 Å². The minimum atomic E-state index is -1.14. The molecule has 2 rings (SSSR count). The number of β-amino-alcohol motifs (C(OH)–C–C–N with tert-alkyl or cyclic N) is 1. The molecule has 0 aromatic carbocycles. The van der Waals surface area contributed by atoms with Crippen LogP contribution in [0, 0.1) is 0 Å². The largest absolute Gasteiger partial charge is 0.391 e. The number of aliphatic hydroxyl groups is 4. The predicted octanol–water partition coefficient (Wildman–Crippen LogP) is -1.31. The highest BCUT2D eigenvalue weighted by Crippen LogP contribution is 2.48. The average molecular weight is 231 g/mol. The van der Waals surface area contributed by atoms with Crippen molar-refractivity contribution in [3.8, 4) is 0 Å². The maximum Gasteiger partial charge on any atom is 0.109 e. The lowest BCUT2D eigenvalue weighted by molar-refractivity contribution is -0.154. The molecule has 0 aromatic rings. The van der Waals surface area contributed by atoms with E-state index in [9.17, 15) is 20.4 Å². The second-order valence-electron chi connectivity index (χ2n) is 5.01. The molecule has 5 atom stereocenters. The van der Waals surface area contributed by atoms with Gasteiger partial charge in [0.05, 0.1) is 17.7 Å². The lowest BCUT2D eigenvalue weighted by Crippen LogP contribution is -2.64. The van der Waals surface area contributed by atoms with Gasteiger partial charge in [0.15, 0.2) is 0 Å². The minimum absolute atomic E-state index is 0.329. The third-order valence-electron chi connectivity index (χ3n) is 3.94. The molecule has 1 saturated heterocycles. The molecule has 0 bridgehead atoms. The van der Waals surface area contributed by atoms with Gasteiger partial charge in [0.2, 0.25) is 0 Å². The molecule has 2 fully saturated rings. The topological polar surface area (TPSA) is 84.2 Å². The zero-order chi connectivity index (χ0) is 11.9. The standard InChI is InChI=1S/C11H21NO4/c1-2-3-4-12-6-7(13)9(15)10(16)11(12)5-8(11)14/h7-10,13-16H,2-6H2,1H3. The lowest BCUT2D eigenvalue weighted by Gasteiger charge is -2.44. The Labute approximate surface area is 95.3 Å². The summed E-state index contributed by atoms with van der Waals surface area (Å²) in [5, 5.41) is 38.9. The van der Waals surface area contributed by atoms with E-state index in [1.54, 1.807) is 0 Å². The third kappa shape index (κ3) is 1.67. The second kappa shape index (κ2) is 4.23. The number of unbranched alkanes of at least 4 members (excludes halogenated alkanes) is 1. The number of likely N-dealkylation sites (tertiary alicyclic amines) is 1. The Morgan fingerprint density at radius 3 is 2.38 bits per heavy atom. The van der Waals surface area contributed by atoms with Gasteiger partial charge >= 0.3 is 0 Å². The second-order valence-corrected chi connectivity index (χ2v) is 5.01. The first-order chi connectivity index (χ1) is 7.54. The molecule has 5 unspecified atom stereocenters. The van der Waals surface area contributed by atoms with Crippen LogP contribution >= 0.6 is 0 Å². The summed E-state index contributed by atoms with van der Waals surface area (Å²) in [5.41, 5.74) is -0.701. The van der Waals surface area contributed by atoms with Crippen LogP contribution in [0.5, 0.6) is 0 Å². The van der Waals surface area contributed by atoms with Crippen LogP contribution in [0.3, 0.4) is 0 Å². The van der Waals surface area contributed by atoms with Crippen LogP contribution < -0.4 is 0 Å². The fraction of sp³-hybridized carbons (Fsp3) is 1.00. The maximum absolute atomic E-state index is 9.97. The number of aliphatic hydroxyl groups excluding tert-OH is 4. The SMILES string of the molecule is CCCCN1CC(O)C(O)C(O)C12CC2O. The molecule has 0 aromatic heterocycles. The zero-order valence-electron chi connectivity index (χ0n) is 9.58. The number of hydrogen-bond donors (Lipinski definition) is 4. The molecule has 1 aliphatic heterocycles. The van der Waals surface area contributed by atoms with Crippen molar-refractivity contribution in [2.75, 3.05) is 13.1 Å². The Kier molecular flexibility index (Phi) is 3.25. The van der Waals surface area contributed by atoms with E-state index in [1.807, 2.05) is 4.90 Å². The van der Waals surface area contributed by atoms with E-state index in [2.05, 4.69) is 6.92 Å². The molecular formula is C11H21NO4. The molecule has 1 aliphatic carbocycles. The van der Waals surface area contributed by atoms with Crippen LogP contribution in [0.15, 0.2) is 0 Å². The Morgan fingerprint density at radius 2 is 1.88 bits per heavy atom. The minimum Gasteiger partial charge on any atom is -0.391 e. The number of nitrogens with zero attached hydrogens (tertiary/aromatic N) is 1. The van der Waals surface area contributed by atoms with Crippen molar-refractivity contribution in [3.63, 3.8) is 0 Å². The van der Waals surface area contributed by atoms with Crippen LogP contribution in [0.1, 0.15) is 26.2 Å². The molecule has 1 saturated carbocycles. The van der Waals surface area contributed by atoms with Crippen molar-refractivity contribution < 1.29 is 20.4 Å². The predicted molar refractivity (Wildman–Crippen MR) is 57.9 cm³/mol. The van der Waals surface area contributed by atoms with Crippen molar-refractivity contribution in [1.82, 2.24) is 4.90 Å². The van der Waals surface area contributed by atoms with Crippen LogP contribution in [0.4, 0.5) is 0 Å². The zero-order valence-corrected chi connectivity index (χ0v) is 9.58. The monoisotopic (exact) mass is 231 g/mol. The molecule has 1 spiro atoms. The van der Waals surface area contributed by atoms with Crippen molar-refractivity contribution in [3.05, 3.63) is 0 Å². The summed E-state index contributed by atoms with van der Waals surface area (Å²) in [5.74, 6) is 0. The van der Waals surface area contributed by atoms with Crippen LogP contribution in [-0.2, 0) is 0 Å². The van der Waals surface area contributed by atoms with Gasteiger partial charge in [-0.05, 0) is 19.4 Å². The molecule has 4 N–H and O–H groups in total. The molecule has 2 aliphatic rings. The summed E-state index contributed by atoms with van der Waals surface area (Å²) in [6.07, 6.45) is -1.23. The van der Waals surface area contributed by atoms with E-state index in [-0.39, 0.29) is 0 Å². The van der Waals surface area contributed by atoms with Gasteiger partial charge in [-0.15, -0.1) is 0 Å². The molecular weight excluding hydrogens is 210 g/mol. The quantitative estimate of drug-likeness (QED) is 0.484. The Morgan fingerprint density at radius 1 is 1.25 bits per heavy atom. The highest BCUT2D eigenvalue weighted by atomic mass is 16.4. The van der Waals surface area contributed by atoms with Crippen molar-refractivity contribution in [2.24, 2.45) is 0 Å². The highest BCUT2D eigenvalue weighted by molar-refractivity contribution is 5.21. The van der Waals surface area contributed by atoms with Crippen LogP contribution in [0.2, 0.25) is 0 Å². The Bertz CT molecular complexity index is 262. The van der Waals surface area contributed by atoms with Crippen LogP contribution in [-0.4, -0.2) is 68.4 Å². The van der Waals surface area contributed by atoms with Crippen molar-refractivity contribution >= 4 is 0 Å². The van der Waals surface area contributed by atoms with Gasteiger partial charge in [-0.3, -0.25) is 4.90 Å². The smallest absolute Gasteiger partial charge is 0.109 e. The number of rotatable bonds is 3. The fourth-order valence-corrected chi connectivity index (χ4v) is 2.75. The summed E-state index contributed by atoms with van der Waals surface area (Å²) in [7, 11) is 0. The normalized spacial score (nSPS) is 48.6. The van der Waals surface area contributed by atoms with Gasteiger partial charge < -0.3 is 20.4 Å². The van der Waals surface area contributed by atoms with Gasteiger partial charge in [-0.2, -0.15) is 0 Å². The number of hydrogen-bond acceptors (Lipinski definition) is 5. The summed E-state index contributed by atoms with van der Waals surface area (Å²) in [4.78, 5) is 1.93. The van der Waals surface area contributed by atoms with Crippen molar-refractivity contribution in [2.45, 2.75) is 56.1 Å². The van der Waals surface area contributed by atoms with E-state index >= 15 is 0 Å². The fourth-order valence-electron chi connectivity index (χ4n) is 2.75. The summed E-state index contributed by atoms with van der Waals surface area (Å²) >= 11 is 0. The summed E-state index contributed by atoms with van der Waals surface area (Å²) in [6, 6.07) is 0. The van der Waals surface area contributed by atoms with Gasteiger partial charge in [-0.1, -0.05) is 13.3 Å². The first kappa shape index (κ1) is 12.3. The molecule has 16 heavy (non-hydrogen) atoms. The summed E-state index contributed by atoms with van der Waals surface area (Å²) in [6.45, 7) is 3.14. The van der Waals surface area contributed by atoms with E-state index < -0.39 is 30.0 Å². The summed E-state index contributed by atoms with van der Waals surface area (Å²) < 4.78 is 0. The Balaban J connectivity index is 2.11. The molecule has 0 radical (unpaired) electrons. The third-order valence-corrected chi connectivity index (χ3v) is 3.94. The van der Waals surface area contributed by atoms with Crippen molar-refractivity contribution in [1.29, 1.82) is 0 Å². The van der Waals surface area contributed by atoms with E-state index in [0.717, 1.165) is 19.4 Å². The Hall–Kier alpha value is -0.200. The molecule has 94 valence electrons. The average Bonchev–Trinajstić information content (AvgIpc) is 2.93. The first-order valence-electron chi connectivity index (χ1n) is 6.01. The van der Waals surface area contributed by atoms with Gasteiger partial charge in [0, 0.05) is 6.54 Å². The van der Waals surface area contributed by atoms with Gasteiger partial charge in [0.1, 0.15) is 12.2 Å². The molecule has 5 nitrogen and oxygen atoms in total. The molecule has 5 heteroatoms. The van der Waals surface area contributed by atoms with Gasteiger partial charge in [0.25, 0.3) is 0 Å². The highest BCUT2D eigenvalue weighted by Gasteiger charge is 2.66. The van der Waals surface area contributed by atoms with E-state index in [1.165, 1.54) is 0 Å². The van der Waals surface area contributed by atoms with Gasteiger partial charge in [-0.25, -0.2) is 0 Å². The lowest BCUT2D eigenvalue weighted by atomic mass is 9.91. The number of piperidine rings is 1. The first-order valence-corrected chi connectivity index (χ1v) is 6.01.